The van der Waals surface area contributed by atoms with Crippen LogP contribution in [0.2, 0.25) is 0 Å². The van der Waals surface area contributed by atoms with E-state index in [4.69, 9.17) is 0 Å². The maximum Gasteiger partial charge on any atom is 0.266 e. The molecular weight excluding hydrogens is 384 g/mol. The van der Waals surface area contributed by atoms with Crippen LogP contribution in [0.1, 0.15) is 5.56 Å². The molecule has 1 aromatic heterocycles. The van der Waals surface area contributed by atoms with Crippen LogP contribution in [-0.2, 0) is 9.84 Å². The van der Waals surface area contributed by atoms with Crippen molar-refractivity contribution in [1.29, 1.82) is 0 Å². The third-order valence-electron chi connectivity index (χ3n) is 4.63. The summed E-state index contributed by atoms with van der Waals surface area (Å²) in [5.41, 5.74) is 1.93. The molecule has 6 nitrogen and oxygen atoms in total. The summed E-state index contributed by atoms with van der Waals surface area (Å²) >= 11 is 1.14. The number of aliphatic hydroxyl groups is 1. The molecule has 2 aromatic carbocycles. The highest BCUT2D eigenvalue weighted by molar-refractivity contribution is 8.01. The van der Waals surface area contributed by atoms with Gasteiger partial charge in [-0.05, 0) is 30.7 Å². The van der Waals surface area contributed by atoms with Gasteiger partial charge >= 0.3 is 0 Å². The van der Waals surface area contributed by atoms with E-state index >= 15 is 0 Å². The zero-order valence-electron chi connectivity index (χ0n) is 14.6. The van der Waals surface area contributed by atoms with Gasteiger partial charge in [-0.25, -0.2) is 13.4 Å². The Labute approximate surface area is 160 Å². The average Bonchev–Trinajstić information content (AvgIpc) is 2.88. The Kier molecular flexibility index (Phi) is 4.57. The first-order chi connectivity index (χ1) is 12.9. The van der Waals surface area contributed by atoms with E-state index in [0.29, 0.717) is 21.7 Å². The molecule has 0 spiro atoms. The number of hydrogen-bond donors (Lipinski definition) is 1. The average molecular weight is 402 g/mol. The van der Waals surface area contributed by atoms with Gasteiger partial charge in [0.2, 0.25) is 0 Å². The molecule has 1 N–H and O–H groups in total. The maximum absolute atomic E-state index is 13.2. The summed E-state index contributed by atoms with van der Waals surface area (Å²) < 4.78 is 25.2. The molecule has 1 saturated heterocycles. The Morgan fingerprint density at radius 2 is 1.81 bits per heavy atom. The van der Waals surface area contributed by atoms with Gasteiger partial charge in [0.15, 0.2) is 15.0 Å². The smallest absolute Gasteiger partial charge is 0.266 e. The van der Waals surface area contributed by atoms with Crippen molar-refractivity contribution in [2.75, 3.05) is 11.5 Å². The lowest BCUT2D eigenvalue weighted by Gasteiger charge is -2.18. The van der Waals surface area contributed by atoms with Gasteiger partial charge in [-0.2, -0.15) is 0 Å². The summed E-state index contributed by atoms with van der Waals surface area (Å²) in [7, 11) is -3.29. The lowest BCUT2D eigenvalue weighted by atomic mass is 10.2. The van der Waals surface area contributed by atoms with Crippen molar-refractivity contribution in [2.45, 2.75) is 23.4 Å². The van der Waals surface area contributed by atoms with Gasteiger partial charge in [0.05, 0.1) is 39.4 Å². The van der Waals surface area contributed by atoms with Crippen LogP contribution in [0, 0.1) is 6.92 Å². The molecule has 3 aromatic rings. The SMILES string of the molecule is Cc1ccccc1-n1c(S[C@@H]2CS(=O)(=O)C[C@@H]2O)nc2ccccc2c1=O. The molecule has 0 unspecified atom stereocenters. The number of fused-ring (bicyclic) bond motifs is 1. The number of hydrogen-bond acceptors (Lipinski definition) is 6. The number of aryl methyl sites for hydroxylation is 1. The first-order valence-electron chi connectivity index (χ1n) is 8.49. The van der Waals surface area contributed by atoms with Crippen LogP contribution in [-0.4, -0.2) is 45.9 Å². The van der Waals surface area contributed by atoms with Crippen molar-refractivity contribution in [2.24, 2.45) is 0 Å². The van der Waals surface area contributed by atoms with E-state index in [9.17, 15) is 18.3 Å². The van der Waals surface area contributed by atoms with E-state index in [1.165, 1.54) is 4.57 Å². The van der Waals surface area contributed by atoms with Gasteiger partial charge in [-0.15, -0.1) is 0 Å². The molecule has 1 aliphatic heterocycles. The predicted octanol–water partition coefficient (Wildman–Crippen LogP) is 1.94. The third-order valence-corrected chi connectivity index (χ3v) is 7.83. The molecule has 4 rings (SSSR count). The topological polar surface area (TPSA) is 89.3 Å². The minimum absolute atomic E-state index is 0.130. The summed E-state index contributed by atoms with van der Waals surface area (Å²) in [6.45, 7) is 1.90. The van der Waals surface area contributed by atoms with E-state index in [-0.39, 0.29) is 17.1 Å². The summed E-state index contributed by atoms with van der Waals surface area (Å²) in [5, 5.41) is 10.5. The minimum atomic E-state index is -3.29. The second-order valence-corrected chi connectivity index (χ2v) is 10.00. The summed E-state index contributed by atoms with van der Waals surface area (Å²) in [6.07, 6.45) is -0.978. The number of rotatable bonds is 3. The molecule has 0 aliphatic carbocycles. The number of para-hydroxylation sites is 2. The molecular formula is C19H18N2O4S2. The van der Waals surface area contributed by atoms with Crippen LogP contribution in [0.5, 0.6) is 0 Å². The Bertz CT molecular complexity index is 1190. The zero-order chi connectivity index (χ0) is 19.2. The Morgan fingerprint density at radius 1 is 1.11 bits per heavy atom. The molecule has 27 heavy (non-hydrogen) atoms. The van der Waals surface area contributed by atoms with Gasteiger partial charge in [0, 0.05) is 0 Å². The molecule has 1 fully saturated rings. The van der Waals surface area contributed by atoms with Crippen LogP contribution < -0.4 is 5.56 Å². The number of thioether (sulfide) groups is 1. The zero-order valence-corrected chi connectivity index (χ0v) is 16.2. The Morgan fingerprint density at radius 3 is 2.52 bits per heavy atom. The summed E-state index contributed by atoms with van der Waals surface area (Å²) in [6, 6.07) is 14.5. The Balaban J connectivity index is 1.92. The number of sulfone groups is 1. The molecule has 1 aliphatic rings. The fourth-order valence-electron chi connectivity index (χ4n) is 3.26. The standard InChI is InChI=1S/C19H18N2O4S2/c1-12-6-2-5-9-15(12)21-18(23)13-7-3-4-8-14(13)20-19(21)26-17-11-27(24,25)10-16(17)22/h2-9,16-17,22H,10-11H2,1H3/t16-,17+/m0/s1. The number of aliphatic hydroxyl groups excluding tert-OH is 1. The first-order valence-corrected chi connectivity index (χ1v) is 11.2. The lowest BCUT2D eigenvalue weighted by molar-refractivity contribution is 0.207. The minimum Gasteiger partial charge on any atom is -0.391 e. The Hall–Kier alpha value is -2.16. The van der Waals surface area contributed by atoms with E-state index < -0.39 is 21.2 Å². The second-order valence-electron chi connectivity index (χ2n) is 6.64. The predicted molar refractivity (Wildman–Crippen MR) is 106 cm³/mol. The van der Waals surface area contributed by atoms with E-state index in [2.05, 4.69) is 4.98 Å². The van der Waals surface area contributed by atoms with Gasteiger partial charge in [0.1, 0.15) is 0 Å². The summed E-state index contributed by atoms with van der Waals surface area (Å²) in [5.74, 6) is -0.387. The molecule has 0 radical (unpaired) electrons. The summed E-state index contributed by atoms with van der Waals surface area (Å²) in [4.78, 5) is 17.8. The van der Waals surface area contributed by atoms with Crippen LogP contribution in [0.4, 0.5) is 0 Å². The van der Waals surface area contributed by atoms with E-state index in [0.717, 1.165) is 17.3 Å². The van der Waals surface area contributed by atoms with Crippen molar-refractivity contribution in [3.8, 4) is 5.69 Å². The molecule has 2 heterocycles. The lowest BCUT2D eigenvalue weighted by Crippen LogP contribution is -2.26. The van der Waals surface area contributed by atoms with Crippen molar-refractivity contribution >= 4 is 32.5 Å². The third kappa shape index (κ3) is 3.40. The first kappa shape index (κ1) is 18.2. The highest BCUT2D eigenvalue weighted by Crippen LogP contribution is 2.32. The monoisotopic (exact) mass is 402 g/mol. The molecule has 140 valence electrons. The molecule has 0 saturated carbocycles. The van der Waals surface area contributed by atoms with Crippen LogP contribution in [0.3, 0.4) is 0 Å². The normalized spacial score (nSPS) is 21.6. The van der Waals surface area contributed by atoms with Crippen molar-refractivity contribution < 1.29 is 13.5 Å². The highest BCUT2D eigenvalue weighted by atomic mass is 32.2. The van der Waals surface area contributed by atoms with Gasteiger partial charge in [0.25, 0.3) is 5.56 Å². The van der Waals surface area contributed by atoms with E-state index in [1.807, 2.05) is 31.2 Å². The van der Waals surface area contributed by atoms with Crippen LogP contribution in [0.15, 0.2) is 58.5 Å². The van der Waals surface area contributed by atoms with Crippen molar-refractivity contribution in [1.82, 2.24) is 9.55 Å². The van der Waals surface area contributed by atoms with Gasteiger partial charge < -0.3 is 5.11 Å². The van der Waals surface area contributed by atoms with Gasteiger partial charge in [-0.3, -0.25) is 9.36 Å². The molecule has 2 atom stereocenters. The quantitative estimate of drug-likeness (QED) is 0.674. The largest absolute Gasteiger partial charge is 0.391 e. The maximum atomic E-state index is 13.2. The fourth-order valence-corrected chi connectivity index (χ4v) is 6.85. The second kappa shape index (κ2) is 6.78. The van der Waals surface area contributed by atoms with Crippen molar-refractivity contribution in [3.63, 3.8) is 0 Å². The fraction of sp³-hybridized carbons (Fsp3) is 0.263. The molecule has 8 heteroatoms. The highest BCUT2D eigenvalue weighted by Gasteiger charge is 2.38. The van der Waals surface area contributed by atoms with Gasteiger partial charge in [-0.1, -0.05) is 42.1 Å². The molecule has 0 amide bonds. The van der Waals surface area contributed by atoms with Crippen LogP contribution >= 0.6 is 11.8 Å². The van der Waals surface area contributed by atoms with E-state index in [1.54, 1.807) is 24.3 Å². The number of aromatic nitrogens is 2. The van der Waals surface area contributed by atoms with Crippen LogP contribution in [0.25, 0.3) is 16.6 Å². The number of nitrogens with zero attached hydrogens (tertiary/aromatic N) is 2. The van der Waals surface area contributed by atoms with Crippen molar-refractivity contribution in [3.05, 3.63) is 64.4 Å². The number of benzene rings is 2. The molecule has 0 bridgehead atoms.